The van der Waals surface area contributed by atoms with Gasteiger partial charge in [0.2, 0.25) is 11.8 Å². The molecule has 31 heavy (non-hydrogen) atoms. The molecule has 2 N–H and O–H groups in total. The van der Waals surface area contributed by atoms with Gasteiger partial charge in [0.1, 0.15) is 11.8 Å². The molecule has 1 aromatic rings. The lowest BCUT2D eigenvalue weighted by molar-refractivity contribution is -0.136. The monoisotopic (exact) mass is 430 g/mol. The molecule has 1 fully saturated rings. The molecule has 2 aliphatic heterocycles. The average molecular weight is 431 g/mol. The number of hydrogen-bond donors (Lipinski definition) is 2. The Bertz CT molecular complexity index is 837. The lowest BCUT2D eigenvalue weighted by atomic mass is 10.0. The van der Waals surface area contributed by atoms with Crippen LogP contribution >= 0.6 is 0 Å². The summed E-state index contributed by atoms with van der Waals surface area (Å²) in [5.41, 5.74) is 0.427. The van der Waals surface area contributed by atoms with Gasteiger partial charge in [-0.15, -0.1) is 0 Å². The molecule has 1 atom stereocenters. The summed E-state index contributed by atoms with van der Waals surface area (Å²) in [7, 11) is 0. The van der Waals surface area contributed by atoms with Crippen molar-refractivity contribution >= 4 is 23.6 Å². The number of aliphatic hydroxyl groups excluding tert-OH is 1. The van der Waals surface area contributed by atoms with Crippen molar-refractivity contribution in [2.45, 2.75) is 70.3 Å². The van der Waals surface area contributed by atoms with E-state index in [4.69, 9.17) is 9.84 Å². The second kappa shape index (κ2) is 11.0. The highest BCUT2D eigenvalue weighted by Gasteiger charge is 2.45. The Kier molecular flexibility index (Phi) is 8.17. The molecule has 168 valence electrons. The number of rotatable bonds is 12. The van der Waals surface area contributed by atoms with Crippen LogP contribution in [-0.2, 0) is 9.59 Å². The lowest BCUT2D eigenvalue weighted by Gasteiger charge is -2.27. The predicted octanol–water partition coefficient (Wildman–Crippen LogP) is 2.58. The smallest absolute Gasteiger partial charge is 0.266 e. The van der Waals surface area contributed by atoms with E-state index in [1.54, 1.807) is 18.2 Å². The Hall–Kier alpha value is -2.74. The van der Waals surface area contributed by atoms with Crippen LogP contribution in [0.4, 0.5) is 0 Å². The van der Waals surface area contributed by atoms with E-state index in [0.717, 1.165) is 49.8 Å². The minimum atomic E-state index is -0.977. The van der Waals surface area contributed by atoms with E-state index >= 15 is 0 Å². The standard InChI is InChI=1S/C23H30N2O6/c26-14-7-5-3-1-2-4-6-8-15-31-18-11-9-10-16-20(18)23(30)25(22(16)29)17-12-13-19(27)24-21(17)28/h9-11,17,26H,1-8,12-15H2,(H,24,27,28). The number of ether oxygens (including phenoxy) is 1. The van der Waals surface area contributed by atoms with E-state index < -0.39 is 29.7 Å². The highest BCUT2D eigenvalue weighted by atomic mass is 16.5. The number of nitrogens with zero attached hydrogens (tertiary/aromatic N) is 1. The quantitative estimate of drug-likeness (QED) is 0.389. The number of imide groups is 2. The first-order chi connectivity index (χ1) is 15.0. The molecule has 0 radical (unpaired) electrons. The number of benzene rings is 1. The molecule has 8 heteroatoms. The van der Waals surface area contributed by atoms with Gasteiger partial charge in [-0.25, -0.2) is 0 Å². The number of carbonyl (C=O) groups is 4. The third kappa shape index (κ3) is 5.50. The first-order valence-electron chi connectivity index (χ1n) is 11.1. The number of carbonyl (C=O) groups excluding carboxylic acids is 4. The summed E-state index contributed by atoms with van der Waals surface area (Å²) in [5.74, 6) is -1.74. The first kappa shape index (κ1) is 22.9. The van der Waals surface area contributed by atoms with E-state index in [1.165, 1.54) is 6.42 Å². The van der Waals surface area contributed by atoms with Crippen LogP contribution in [0.15, 0.2) is 18.2 Å². The molecule has 1 saturated heterocycles. The zero-order valence-electron chi connectivity index (χ0n) is 17.7. The zero-order chi connectivity index (χ0) is 22.2. The van der Waals surface area contributed by atoms with E-state index in [-0.39, 0.29) is 30.6 Å². The van der Waals surface area contributed by atoms with Gasteiger partial charge in [0, 0.05) is 13.0 Å². The summed E-state index contributed by atoms with van der Waals surface area (Å²) in [4.78, 5) is 50.3. The van der Waals surface area contributed by atoms with E-state index in [0.29, 0.717) is 12.4 Å². The number of nitrogens with one attached hydrogen (secondary N) is 1. The van der Waals surface area contributed by atoms with Crippen molar-refractivity contribution in [2.75, 3.05) is 13.2 Å². The van der Waals surface area contributed by atoms with Gasteiger partial charge in [0.25, 0.3) is 11.8 Å². The maximum absolute atomic E-state index is 13.0. The van der Waals surface area contributed by atoms with Crippen molar-refractivity contribution in [1.29, 1.82) is 0 Å². The molecular weight excluding hydrogens is 400 g/mol. The van der Waals surface area contributed by atoms with Crippen molar-refractivity contribution < 1.29 is 29.0 Å². The van der Waals surface area contributed by atoms with Crippen LogP contribution in [0.3, 0.4) is 0 Å². The largest absolute Gasteiger partial charge is 0.493 e. The average Bonchev–Trinajstić information content (AvgIpc) is 3.01. The maximum Gasteiger partial charge on any atom is 0.266 e. The molecule has 1 aromatic carbocycles. The molecule has 2 heterocycles. The summed E-state index contributed by atoms with van der Waals surface area (Å²) in [6, 6.07) is 3.92. The maximum atomic E-state index is 13.0. The number of amides is 4. The summed E-state index contributed by atoms with van der Waals surface area (Å²) >= 11 is 0. The van der Waals surface area contributed by atoms with Crippen LogP contribution in [0.1, 0.15) is 84.9 Å². The Morgan fingerprint density at radius 1 is 0.935 bits per heavy atom. The molecular formula is C23H30N2O6. The zero-order valence-corrected chi connectivity index (χ0v) is 17.7. The molecule has 0 bridgehead atoms. The number of fused-ring (bicyclic) bond motifs is 1. The summed E-state index contributed by atoms with van der Waals surface area (Å²) in [6.07, 6.45) is 8.60. The fourth-order valence-corrected chi connectivity index (χ4v) is 4.06. The third-order valence-corrected chi connectivity index (χ3v) is 5.74. The molecule has 4 amide bonds. The summed E-state index contributed by atoms with van der Waals surface area (Å²) < 4.78 is 5.82. The van der Waals surface area contributed by atoms with Crippen molar-refractivity contribution in [3.63, 3.8) is 0 Å². The van der Waals surface area contributed by atoms with E-state index in [1.807, 2.05) is 0 Å². The fraction of sp³-hybridized carbons (Fsp3) is 0.565. The van der Waals surface area contributed by atoms with E-state index in [9.17, 15) is 19.2 Å². The normalized spacial score (nSPS) is 18.4. The number of hydrogen-bond acceptors (Lipinski definition) is 6. The van der Waals surface area contributed by atoms with Gasteiger partial charge in [-0.3, -0.25) is 29.4 Å². The number of aliphatic hydroxyl groups is 1. The second-order valence-corrected chi connectivity index (χ2v) is 8.03. The Morgan fingerprint density at radius 3 is 2.29 bits per heavy atom. The van der Waals surface area contributed by atoms with Crippen LogP contribution in [-0.4, -0.2) is 52.9 Å². The summed E-state index contributed by atoms with van der Waals surface area (Å²) in [5, 5.41) is 11.0. The van der Waals surface area contributed by atoms with Gasteiger partial charge >= 0.3 is 0 Å². The van der Waals surface area contributed by atoms with Gasteiger partial charge in [-0.2, -0.15) is 0 Å². The van der Waals surface area contributed by atoms with E-state index in [2.05, 4.69) is 5.32 Å². The molecule has 2 aliphatic rings. The molecule has 1 unspecified atom stereocenters. The predicted molar refractivity (Wildman–Crippen MR) is 113 cm³/mol. The first-order valence-corrected chi connectivity index (χ1v) is 11.1. The topological polar surface area (TPSA) is 113 Å². The van der Waals surface area contributed by atoms with Gasteiger partial charge in [0.15, 0.2) is 0 Å². The SMILES string of the molecule is O=C1CCC(N2C(=O)c3cccc(OCCCCCCCCCCO)c3C2=O)C(=O)N1. The minimum absolute atomic E-state index is 0.0919. The minimum Gasteiger partial charge on any atom is -0.493 e. The second-order valence-electron chi connectivity index (χ2n) is 8.03. The molecule has 3 rings (SSSR count). The Labute approximate surface area is 181 Å². The van der Waals surface area contributed by atoms with Gasteiger partial charge in [-0.1, -0.05) is 44.6 Å². The molecule has 0 saturated carbocycles. The van der Waals surface area contributed by atoms with Gasteiger partial charge < -0.3 is 9.84 Å². The Morgan fingerprint density at radius 2 is 1.61 bits per heavy atom. The molecule has 8 nitrogen and oxygen atoms in total. The van der Waals surface area contributed by atoms with Crippen LogP contribution in [0.2, 0.25) is 0 Å². The van der Waals surface area contributed by atoms with Crippen molar-refractivity contribution in [3.05, 3.63) is 29.3 Å². The highest BCUT2D eigenvalue weighted by Crippen LogP contribution is 2.33. The van der Waals surface area contributed by atoms with Crippen LogP contribution in [0, 0.1) is 0 Å². The molecule has 0 aromatic heterocycles. The van der Waals surface area contributed by atoms with Crippen molar-refractivity contribution in [1.82, 2.24) is 10.2 Å². The summed E-state index contributed by atoms with van der Waals surface area (Å²) in [6.45, 7) is 0.709. The van der Waals surface area contributed by atoms with Crippen LogP contribution in [0.5, 0.6) is 5.75 Å². The lowest BCUT2D eigenvalue weighted by Crippen LogP contribution is -2.54. The molecule has 0 spiro atoms. The Balaban J connectivity index is 1.51. The molecule has 0 aliphatic carbocycles. The third-order valence-electron chi connectivity index (χ3n) is 5.74. The van der Waals surface area contributed by atoms with Crippen LogP contribution < -0.4 is 10.1 Å². The van der Waals surface area contributed by atoms with Crippen molar-refractivity contribution in [2.24, 2.45) is 0 Å². The number of unbranched alkanes of at least 4 members (excludes halogenated alkanes) is 7. The fourth-order valence-electron chi connectivity index (χ4n) is 4.06. The van der Waals surface area contributed by atoms with Gasteiger partial charge in [0.05, 0.1) is 17.7 Å². The number of piperidine rings is 1. The highest BCUT2D eigenvalue weighted by molar-refractivity contribution is 6.24. The van der Waals surface area contributed by atoms with Gasteiger partial charge in [-0.05, 0) is 31.4 Å². The van der Waals surface area contributed by atoms with Crippen molar-refractivity contribution in [3.8, 4) is 5.75 Å². The van der Waals surface area contributed by atoms with Crippen LogP contribution in [0.25, 0.3) is 0 Å².